The average Bonchev–Trinajstić information content (AvgIpc) is 2.83. The zero-order valence-electron chi connectivity index (χ0n) is 12.7. The number of H-pyrrole nitrogens is 1. The first kappa shape index (κ1) is 14.9. The Morgan fingerprint density at radius 1 is 1.38 bits per heavy atom. The highest BCUT2D eigenvalue weighted by molar-refractivity contribution is 9.10. The minimum atomic E-state index is -0.470. The molecule has 0 radical (unpaired) electrons. The van der Waals surface area contributed by atoms with Crippen LogP contribution in [-0.4, -0.2) is 32.6 Å². The van der Waals surface area contributed by atoms with E-state index in [4.69, 9.17) is 4.74 Å². The van der Waals surface area contributed by atoms with E-state index in [0.717, 1.165) is 36.1 Å². The Morgan fingerprint density at radius 2 is 2.05 bits per heavy atom. The van der Waals surface area contributed by atoms with E-state index in [1.54, 1.807) is 0 Å². The van der Waals surface area contributed by atoms with Crippen LogP contribution in [0.1, 0.15) is 58.3 Å². The number of hydrogen-bond donors (Lipinski definition) is 1. The van der Waals surface area contributed by atoms with E-state index < -0.39 is 5.60 Å². The first-order valence-electron chi connectivity index (χ1n) is 7.57. The van der Waals surface area contributed by atoms with Crippen molar-refractivity contribution in [2.75, 3.05) is 0 Å². The van der Waals surface area contributed by atoms with Crippen LogP contribution in [0.5, 0.6) is 0 Å². The average molecular weight is 356 g/mol. The summed E-state index contributed by atoms with van der Waals surface area (Å²) in [6.45, 7) is 5.72. The molecule has 0 spiro atoms. The molecule has 1 saturated carbocycles. The lowest BCUT2D eigenvalue weighted by atomic mass is 9.74. The third-order valence-corrected chi connectivity index (χ3v) is 4.74. The van der Waals surface area contributed by atoms with E-state index in [0.29, 0.717) is 5.92 Å². The van der Waals surface area contributed by atoms with Crippen LogP contribution in [0.3, 0.4) is 0 Å². The van der Waals surface area contributed by atoms with Gasteiger partial charge in [-0.25, -0.2) is 9.78 Å². The normalized spacial score (nSPS) is 28.8. The third-order valence-electron chi connectivity index (χ3n) is 4.33. The Labute approximate surface area is 133 Å². The van der Waals surface area contributed by atoms with E-state index in [2.05, 4.69) is 25.9 Å². The smallest absolute Gasteiger partial charge is 0.411 e. The van der Waals surface area contributed by atoms with Gasteiger partial charge in [-0.15, -0.1) is 0 Å². The molecule has 1 aromatic heterocycles. The molecule has 2 aliphatic heterocycles. The van der Waals surface area contributed by atoms with Gasteiger partial charge >= 0.3 is 6.09 Å². The summed E-state index contributed by atoms with van der Waals surface area (Å²) in [6, 6.07) is 0.289. The van der Waals surface area contributed by atoms with Crippen molar-refractivity contribution in [1.82, 2.24) is 14.9 Å². The van der Waals surface area contributed by atoms with Gasteiger partial charge in [0.1, 0.15) is 16.0 Å². The molecule has 5 nitrogen and oxygen atoms in total. The number of aromatic amines is 1. The van der Waals surface area contributed by atoms with Crippen LogP contribution >= 0.6 is 15.9 Å². The van der Waals surface area contributed by atoms with Crippen molar-refractivity contribution < 1.29 is 9.53 Å². The largest absolute Gasteiger partial charge is 0.444 e. The second-order valence-electron chi connectivity index (χ2n) is 7.01. The number of piperidine rings is 2. The van der Waals surface area contributed by atoms with Gasteiger partial charge < -0.3 is 9.72 Å². The number of carbonyl (C=O) groups is 1. The molecule has 4 rings (SSSR count). The SMILES string of the molecule is CC(C)(C)OC(=O)N1C2CCC(CC2)C1c1nc(Br)c[nH]1. The van der Waals surface area contributed by atoms with Crippen molar-refractivity contribution in [3.8, 4) is 0 Å². The van der Waals surface area contributed by atoms with Crippen LogP contribution in [0, 0.1) is 5.92 Å². The Balaban J connectivity index is 1.89. The molecule has 2 saturated heterocycles. The minimum absolute atomic E-state index is 0.0126. The van der Waals surface area contributed by atoms with E-state index in [-0.39, 0.29) is 18.2 Å². The second kappa shape index (κ2) is 5.30. The molecule has 1 unspecified atom stereocenters. The number of rotatable bonds is 1. The predicted molar refractivity (Wildman–Crippen MR) is 82.8 cm³/mol. The molecule has 3 fully saturated rings. The van der Waals surface area contributed by atoms with Crippen molar-refractivity contribution in [2.45, 2.75) is 64.1 Å². The molecule has 1 aliphatic carbocycles. The minimum Gasteiger partial charge on any atom is -0.444 e. The fourth-order valence-electron chi connectivity index (χ4n) is 3.55. The van der Waals surface area contributed by atoms with Crippen molar-refractivity contribution in [2.24, 2.45) is 5.92 Å². The van der Waals surface area contributed by atoms with Crippen LogP contribution in [0.25, 0.3) is 0 Å². The van der Waals surface area contributed by atoms with Gasteiger partial charge in [-0.1, -0.05) is 0 Å². The summed E-state index contributed by atoms with van der Waals surface area (Å²) in [4.78, 5) is 22.3. The summed E-state index contributed by atoms with van der Waals surface area (Å²) < 4.78 is 6.40. The molecule has 2 bridgehead atoms. The molecular formula is C15H22BrN3O2. The van der Waals surface area contributed by atoms with Gasteiger partial charge in [0.15, 0.2) is 0 Å². The van der Waals surface area contributed by atoms with Gasteiger partial charge in [-0.3, -0.25) is 4.90 Å². The van der Waals surface area contributed by atoms with E-state index in [1.807, 2.05) is 31.9 Å². The lowest BCUT2D eigenvalue weighted by molar-refractivity contribution is -0.0440. The quantitative estimate of drug-likeness (QED) is 0.827. The lowest BCUT2D eigenvalue weighted by Crippen LogP contribution is -2.54. The second-order valence-corrected chi connectivity index (χ2v) is 7.82. The highest BCUT2D eigenvalue weighted by Crippen LogP contribution is 2.47. The molecule has 1 N–H and O–H groups in total. The monoisotopic (exact) mass is 355 g/mol. The summed E-state index contributed by atoms with van der Waals surface area (Å²) in [5.74, 6) is 1.34. The summed E-state index contributed by atoms with van der Waals surface area (Å²) in [5, 5.41) is 0. The zero-order chi connectivity index (χ0) is 15.2. The number of nitrogens with one attached hydrogen (secondary N) is 1. The molecule has 1 atom stereocenters. The van der Waals surface area contributed by atoms with E-state index >= 15 is 0 Å². The maximum absolute atomic E-state index is 12.6. The van der Waals surface area contributed by atoms with Crippen LogP contribution in [-0.2, 0) is 4.74 Å². The topological polar surface area (TPSA) is 58.2 Å². The molecule has 0 aromatic carbocycles. The molecule has 3 aliphatic rings. The van der Waals surface area contributed by atoms with Crippen molar-refractivity contribution in [1.29, 1.82) is 0 Å². The zero-order valence-corrected chi connectivity index (χ0v) is 14.3. The molecule has 3 heterocycles. The summed E-state index contributed by atoms with van der Waals surface area (Å²) in [5.41, 5.74) is -0.470. The number of fused-ring (bicyclic) bond motifs is 3. The molecule has 116 valence electrons. The van der Waals surface area contributed by atoms with E-state index in [1.165, 1.54) is 0 Å². The van der Waals surface area contributed by atoms with Crippen molar-refractivity contribution in [3.63, 3.8) is 0 Å². The van der Waals surface area contributed by atoms with Gasteiger partial charge in [0.2, 0.25) is 0 Å². The number of ether oxygens (including phenoxy) is 1. The number of halogens is 1. The molecular weight excluding hydrogens is 334 g/mol. The van der Waals surface area contributed by atoms with Crippen molar-refractivity contribution >= 4 is 22.0 Å². The van der Waals surface area contributed by atoms with Crippen LogP contribution < -0.4 is 0 Å². The van der Waals surface area contributed by atoms with Crippen LogP contribution in [0.15, 0.2) is 10.8 Å². The summed E-state index contributed by atoms with van der Waals surface area (Å²) in [6.07, 6.45) is 6.07. The molecule has 6 heteroatoms. The Morgan fingerprint density at radius 3 is 2.57 bits per heavy atom. The Kier molecular flexibility index (Phi) is 3.76. The number of imidazole rings is 1. The number of amides is 1. The maximum atomic E-state index is 12.6. The highest BCUT2D eigenvalue weighted by atomic mass is 79.9. The standard InChI is InChI=1S/C15H22BrN3O2/c1-15(2,3)21-14(20)19-10-6-4-9(5-7-10)12(19)13-17-8-11(16)18-13/h8-10,12H,4-7H2,1-3H3,(H,17,18). The number of hydrogen-bond acceptors (Lipinski definition) is 3. The Hall–Kier alpha value is -1.04. The highest BCUT2D eigenvalue weighted by Gasteiger charge is 2.47. The molecule has 1 amide bonds. The number of carbonyl (C=O) groups excluding carboxylic acids is 1. The first-order valence-corrected chi connectivity index (χ1v) is 8.36. The predicted octanol–water partition coefficient (Wildman–Crippen LogP) is 4.02. The Bertz CT molecular complexity index is 529. The van der Waals surface area contributed by atoms with Gasteiger partial charge in [-0.2, -0.15) is 0 Å². The van der Waals surface area contributed by atoms with Gasteiger partial charge in [-0.05, 0) is 68.3 Å². The lowest BCUT2D eigenvalue weighted by Gasteiger charge is -2.50. The number of nitrogens with zero attached hydrogens (tertiary/aromatic N) is 2. The van der Waals surface area contributed by atoms with Crippen LogP contribution in [0.4, 0.5) is 4.79 Å². The third kappa shape index (κ3) is 2.96. The maximum Gasteiger partial charge on any atom is 0.411 e. The van der Waals surface area contributed by atoms with Gasteiger partial charge in [0.05, 0.1) is 6.04 Å². The van der Waals surface area contributed by atoms with Crippen LogP contribution in [0.2, 0.25) is 0 Å². The van der Waals surface area contributed by atoms with E-state index in [9.17, 15) is 4.79 Å². The molecule has 21 heavy (non-hydrogen) atoms. The fourth-order valence-corrected chi connectivity index (χ4v) is 3.85. The fraction of sp³-hybridized carbons (Fsp3) is 0.733. The van der Waals surface area contributed by atoms with Gasteiger partial charge in [0.25, 0.3) is 0 Å². The number of aromatic nitrogens is 2. The summed E-state index contributed by atoms with van der Waals surface area (Å²) in [7, 11) is 0. The molecule has 1 aromatic rings. The van der Waals surface area contributed by atoms with Gasteiger partial charge in [0, 0.05) is 12.2 Å². The first-order chi connectivity index (χ1) is 9.85. The summed E-state index contributed by atoms with van der Waals surface area (Å²) >= 11 is 3.38. The van der Waals surface area contributed by atoms with Crippen molar-refractivity contribution in [3.05, 3.63) is 16.6 Å².